The van der Waals surface area contributed by atoms with Gasteiger partial charge in [-0.1, -0.05) is 23.5 Å². The van der Waals surface area contributed by atoms with E-state index >= 15 is 0 Å². The maximum atomic E-state index is 13.5. The Kier molecular flexibility index (Phi) is 4.12. The summed E-state index contributed by atoms with van der Waals surface area (Å²) < 4.78 is 18.8. The Balaban J connectivity index is 1.69. The SMILES string of the molecule is O=C(Nc1ncc(N2CCOCC2)s1)c1ccccc1F. The molecule has 1 amide bonds. The summed E-state index contributed by atoms with van der Waals surface area (Å²) in [6, 6.07) is 5.88. The van der Waals surface area contributed by atoms with Crippen LogP contribution >= 0.6 is 11.3 Å². The average molecular weight is 307 g/mol. The number of nitrogens with zero attached hydrogens (tertiary/aromatic N) is 2. The minimum absolute atomic E-state index is 0.0145. The van der Waals surface area contributed by atoms with Crippen molar-refractivity contribution < 1.29 is 13.9 Å². The van der Waals surface area contributed by atoms with Crippen LogP contribution in [0.1, 0.15) is 10.4 Å². The molecule has 0 radical (unpaired) electrons. The minimum atomic E-state index is -0.542. The first-order valence-corrected chi connectivity index (χ1v) is 7.40. The summed E-state index contributed by atoms with van der Waals surface area (Å²) in [5.41, 5.74) is 0.0145. The molecule has 2 heterocycles. The summed E-state index contributed by atoms with van der Waals surface area (Å²) in [5, 5.41) is 4.07. The van der Waals surface area contributed by atoms with Gasteiger partial charge in [0.2, 0.25) is 0 Å². The number of thiazole rings is 1. The number of amides is 1. The maximum absolute atomic E-state index is 13.5. The van der Waals surface area contributed by atoms with E-state index in [9.17, 15) is 9.18 Å². The van der Waals surface area contributed by atoms with Crippen molar-refractivity contribution in [3.05, 3.63) is 41.8 Å². The van der Waals surface area contributed by atoms with E-state index in [4.69, 9.17) is 4.74 Å². The fourth-order valence-corrected chi connectivity index (χ4v) is 2.93. The molecule has 0 unspecified atom stereocenters. The number of carbonyl (C=O) groups excluding carboxylic acids is 1. The Labute approximate surface area is 125 Å². The Morgan fingerprint density at radius 3 is 2.86 bits per heavy atom. The molecule has 21 heavy (non-hydrogen) atoms. The third-order valence-corrected chi connectivity index (χ3v) is 4.13. The summed E-state index contributed by atoms with van der Waals surface area (Å²) in [6.07, 6.45) is 1.72. The molecule has 0 aliphatic carbocycles. The number of hydrogen-bond donors (Lipinski definition) is 1. The molecule has 1 aliphatic heterocycles. The van der Waals surface area contributed by atoms with Crippen molar-refractivity contribution in [3.8, 4) is 0 Å². The molecule has 7 heteroatoms. The molecule has 1 aromatic heterocycles. The number of nitrogens with one attached hydrogen (secondary N) is 1. The van der Waals surface area contributed by atoms with Crippen LogP contribution in [-0.4, -0.2) is 37.2 Å². The fraction of sp³-hybridized carbons (Fsp3) is 0.286. The van der Waals surface area contributed by atoms with Crippen LogP contribution in [0.5, 0.6) is 0 Å². The largest absolute Gasteiger partial charge is 0.378 e. The van der Waals surface area contributed by atoms with Gasteiger partial charge in [0.05, 0.1) is 25.0 Å². The second-order valence-corrected chi connectivity index (χ2v) is 5.55. The zero-order valence-corrected chi connectivity index (χ0v) is 12.0. The van der Waals surface area contributed by atoms with Gasteiger partial charge in [0.15, 0.2) is 5.13 Å². The maximum Gasteiger partial charge on any atom is 0.260 e. The first kappa shape index (κ1) is 14.0. The summed E-state index contributed by atoms with van der Waals surface area (Å²) in [4.78, 5) is 18.3. The van der Waals surface area contributed by atoms with E-state index in [1.54, 1.807) is 18.3 Å². The lowest BCUT2D eigenvalue weighted by Crippen LogP contribution is -2.35. The lowest BCUT2D eigenvalue weighted by Gasteiger charge is -2.26. The Morgan fingerprint density at radius 1 is 1.33 bits per heavy atom. The number of morpholine rings is 1. The van der Waals surface area contributed by atoms with Crippen LogP contribution in [0.25, 0.3) is 0 Å². The lowest BCUT2D eigenvalue weighted by molar-refractivity contribution is 0.102. The van der Waals surface area contributed by atoms with Gasteiger partial charge in [-0.15, -0.1) is 0 Å². The van der Waals surface area contributed by atoms with Crippen LogP contribution in [0.2, 0.25) is 0 Å². The highest BCUT2D eigenvalue weighted by Gasteiger charge is 2.16. The van der Waals surface area contributed by atoms with E-state index in [0.29, 0.717) is 18.3 Å². The van der Waals surface area contributed by atoms with E-state index < -0.39 is 11.7 Å². The van der Waals surface area contributed by atoms with Gasteiger partial charge in [0.25, 0.3) is 5.91 Å². The van der Waals surface area contributed by atoms with Gasteiger partial charge in [-0.25, -0.2) is 9.37 Å². The number of aromatic nitrogens is 1. The number of benzene rings is 1. The Bertz CT molecular complexity index is 641. The molecular weight excluding hydrogens is 293 g/mol. The molecule has 1 fully saturated rings. The zero-order valence-electron chi connectivity index (χ0n) is 11.2. The third-order valence-electron chi connectivity index (χ3n) is 3.16. The lowest BCUT2D eigenvalue weighted by atomic mass is 10.2. The van der Waals surface area contributed by atoms with Crippen LogP contribution in [0.4, 0.5) is 14.5 Å². The van der Waals surface area contributed by atoms with Gasteiger partial charge in [-0.2, -0.15) is 0 Å². The van der Waals surface area contributed by atoms with Gasteiger partial charge >= 0.3 is 0 Å². The third kappa shape index (κ3) is 3.20. The van der Waals surface area contributed by atoms with E-state index in [1.165, 1.54) is 23.5 Å². The van der Waals surface area contributed by atoms with Crippen LogP contribution in [0, 0.1) is 5.82 Å². The zero-order chi connectivity index (χ0) is 14.7. The van der Waals surface area contributed by atoms with E-state index in [0.717, 1.165) is 18.1 Å². The number of hydrogen-bond acceptors (Lipinski definition) is 5. The first-order chi connectivity index (χ1) is 10.2. The molecule has 2 aromatic rings. The van der Waals surface area contributed by atoms with Crippen molar-refractivity contribution in [3.63, 3.8) is 0 Å². The smallest absolute Gasteiger partial charge is 0.260 e. The number of ether oxygens (including phenoxy) is 1. The standard InChI is InChI=1S/C14H14FN3O2S/c15-11-4-2-1-3-10(11)13(19)17-14-16-9-12(21-14)18-5-7-20-8-6-18/h1-4,9H,5-8H2,(H,16,17,19). The number of rotatable bonds is 3. The molecule has 110 valence electrons. The van der Waals surface area contributed by atoms with Crippen LogP contribution in [0.15, 0.2) is 30.5 Å². The van der Waals surface area contributed by atoms with Gasteiger partial charge in [0, 0.05) is 13.1 Å². The molecule has 0 saturated carbocycles. The topological polar surface area (TPSA) is 54.5 Å². The van der Waals surface area contributed by atoms with Crippen LogP contribution in [-0.2, 0) is 4.74 Å². The molecule has 1 aliphatic rings. The Hall–Kier alpha value is -1.99. The Morgan fingerprint density at radius 2 is 2.10 bits per heavy atom. The summed E-state index contributed by atoms with van der Waals surface area (Å²) in [7, 11) is 0. The second-order valence-electron chi connectivity index (χ2n) is 4.54. The molecular formula is C14H14FN3O2S. The van der Waals surface area contributed by atoms with Gasteiger partial charge in [0.1, 0.15) is 10.8 Å². The summed E-state index contributed by atoms with van der Waals surface area (Å²) in [6.45, 7) is 3.00. The van der Waals surface area contributed by atoms with E-state index in [2.05, 4.69) is 15.2 Å². The van der Waals surface area contributed by atoms with Crippen molar-refractivity contribution in [1.29, 1.82) is 0 Å². The minimum Gasteiger partial charge on any atom is -0.378 e. The van der Waals surface area contributed by atoms with Crippen molar-refractivity contribution in [2.75, 3.05) is 36.5 Å². The highest BCUT2D eigenvalue weighted by Crippen LogP contribution is 2.28. The molecule has 0 bridgehead atoms. The average Bonchev–Trinajstić information content (AvgIpc) is 2.97. The molecule has 1 N–H and O–H groups in total. The highest BCUT2D eigenvalue weighted by atomic mass is 32.1. The molecule has 0 spiro atoms. The molecule has 5 nitrogen and oxygen atoms in total. The van der Waals surface area contributed by atoms with Crippen molar-refractivity contribution in [1.82, 2.24) is 4.98 Å². The molecule has 3 rings (SSSR count). The number of halogens is 1. The predicted octanol–water partition coefficient (Wildman–Crippen LogP) is 2.37. The fourth-order valence-electron chi connectivity index (χ4n) is 2.06. The van der Waals surface area contributed by atoms with Crippen LogP contribution in [0.3, 0.4) is 0 Å². The summed E-state index contributed by atoms with van der Waals surface area (Å²) in [5.74, 6) is -1.03. The van der Waals surface area contributed by atoms with Crippen LogP contribution < -0.4 is 10.2 Å². The molecule has 0 atom stereocenters. The molecule has 1 saturated heterocycles. The monoisotopic (exact) mass is 307 g/mol. The van der Waals surface area contributed by atoms with E-state index in [1.807, 2.05) is 0 Å². The summed E-state index contributed by atoms with van der Waals surface area (Å²) >= 11 is 1.37. The van der Waals surface area contributed by atoms with Crippen molar-refractivity contribution >= 4 is 27.4 Å². The normalized spacial score (nSPS) is 15.0. The quantitative estimate of drug-likeness (QED) is 0.946. The predicted molar refractivity (Wildman–Crippen MR) is 79.5 cm³/mol. The second kappa shape index (κ2) is 6.19. The van der Waals surface area contributed by atoms with E-state index in [-0.39, 0.29) is 5.56 Å². The number of carbonyl (C=O) groups is 1. The van der Waals surface area contributed by atoms with Crippen molar-refractivity contribution in [2.45, 2.75) is 0 Å². The number of anilines is 2. The van der Waals surface area contributed by atoms with Crippen molar-refractivity contribution in [2.24, 2.45) is 0 Å². The van der Waals surface area contributed by atoms with Gasteiger partial charge < -0.3 is 9.64 Å². The first-order valence-electron chi connectivity index (χ1n) is 6.58. The molecule has 1 aromatic carbocycles. The highest BCUT2D eigenvalue weighted by molar-refractivity contribution is 7.19. The van der Waals surface area contributed by atoms with Gasteiger partial charge in [-0.05, 0) is 12.1 Å². The van der Waals surface area contributed by atoms with Gasteiger partial charge in [-0.3, -0.25) is 10.1 Å².